The predicted octanol–water partition coefficient (Wildman–Crippen LogP) is 21.9. The molecular weight excluding hydrogens is 1380 g/mol. The summed E-state index contributed by atoms with van der Waals surface area (Å²) < 4.78 is 1.95. The van der Waals surface area contributed by atoms with E-state index in [2.05, 4.69) is 175 Å². The summed E-state index contributed by atoms with van der Waals surface area (Å²) in [6.45, 7) is 1.18. The monoisotopic (exact) mass is 1430 g/mol. The van der Waals surface area contributed by atoms with Crippen LogP contribution >= 0.6 is 273 Å². The van der Waals surface area contributed by atoms with E-state index in [-0.39, 0.29) is 122 Å². The smallest absolute Gasteiger partial charge is 0.307 e. The summed E-state index contributed by atoms with van der Waals surface area (Å²) in [4.78, 5) is 32.2. The lowest BCUT2D eigenvalue weighted by Crippen LogP contribution is -2.07. The van der Waals surface area contributed by atoms with Crippen LogP contribution in [0, 0.1) is 0 Å². The molecule has 314 valence electrons. The van der Waals surface area contributed by atoms with Crippen molar-refractivity contribution >= 4 is 290 Å². The third-order valence-corrected chi connectivity index (χ3v) is 203. The molecule has 2 aromatic rings. The van der Waals surface area contributed by atoms with E-state index < -0.39 is 5.97 Å². The van der Waals surface area contributed by atoms with E-state index in [9.17, 15) is 14.4 Å². The molecule has 16 atom stereocenters. The summed E-state index contributed by atoms with van der Waals surface area (Å²) in [5, 5.41) is 8.42. The van der Waals surface area contributed by atoms with Crippen LogP contribution in [0.2, 0.25) is 0 Å². The molecule has 0 fully saturated rings. The number of halogens is 2. The quantitative estimate of drug-likeness (QED) is 0.112. The van der Waals surface area contributed by atoms with Crippen molar-refractivity contribution in [3.8, 4) is 0 Å². The maximum Gasteiger partial charge on any atom is 0.307 e. The van der Waals surface area contributed by atoms with Crippen molar-refractivity contribution in [2.75, 3.05) is 0 Å². The van der Waals surface area contributed by atoms with Gasteiger partial charge in [0, 0.05) is 15.4 Å². The van der Waals surface area contributed by atoms with Gasteiger partial charge in [-0.25, -0.2) is 0 Å². The molecule has 1 N–H and O–H groups in total. The average Bonchev–Trinajstić information content (AvgIpc) is 3.01. The van der Waals surface area contributed by atoms with Gasteiger partial charge in [0.05, 0.1) is 12.8 Å². The molecule has 2 rings (SSSR count). The first-order chi connectivity index (χ1) is 25.3. The lowest BCUT2D eigenvalue weighted by Gasteiger charge is -2.52. The van der Waals surface area contributed by atoms with Crippen LogP contribution in [0.1, 0.15) is 24.5 Å². The number of carboxylic acid groups (broad SMARTS) is 1. The van der Waals surface area contributed by atoms with Crippen LogP contribution < -0.4 is 0 Å². The molecular formula is C19H50Br2O4P30. The zero-order valence-electron chi connectivity index (χ0n) is 29.2. The van der Waals surface area contributed by atoms with Crippen LogP contribution in [0.5, 0.6) is 0 Å². The second-order valence-electron chi connectivity index (χ2n) is 10.1. The number of carboxylic acids is 1. The van der Waals surface area contributed by atoms with Gasteiger partial charge in [-0.3, -0.25) is 14.4 Å². The molecule has 2 aromatic carbocycles. The van der Waals surface area contributed by atoms with E-state index in [1.807, 2.05) is 36.4 Å². The summed E-state index contributed by atoms with van der Waals surface area (Å²) in [5.74, 6) is -0.903. The molecule has 16 unspecified atom stereocenters. The maximum absolute atomic E-state index is 11.3. The Morgan fingerprint density at radius 1 is 0.455 bits per heavy atom. The minimum atomic E-state index is -0.799. The summed E-state index contributed by atoms with van der Waals surface area (Å²) in [7, 11) is 52.6. The highest BCUT2D eigenvalue weighted by molar-refractivity contribution is 9.44. The fourth-order valence-electron chi connectivity index (χ4n) is 3.59. The van der Waals surface area contributed by atoms with Crippen LogP contribution in [0.25, 0.3) is 0 Å². The summed E-state index contributed by atoms with van der Waals surface area (Å²) in [5.41, 5.74) is 1.76. The molecule has 55 heavy (non-hydrogen) atoms. The minimum Gasteiger partial charge on any atom is -0.481 e. The van der Waals surface area contributed by atoms with E-state index in [0.717, 1.165) is 20.1 Å². The van der Waals surface area contributed by atoms with Crippen molar-refractivity contribution in [1.29, 1.82) is 0 Å². The molecule has 0 bridgehead atoms. The number of aliphatic carboxylic acids is 1. The number of ketones is 2. The molecule has 0 heterocycles. The SMILES string of the molecule is CC(=O)CC(=O)Cc1ccc(Br)cc1.O=C(O)Cc1ccc(Br)cc1.PP(P)P(P(P)P)P(P(P(P)P)P(P)P)P(P(P(P)P)P(P)P)P(P(P)P)P(P)P. The van der Waals surface area contributed by atoms with Crippen LogP contribution in [0.4, 0.5) is 0 Å². The number of rotatable bonds is 19. The fraction of sp³-hybridized carbons (Fsp3) is 0.211. The molecule has 0 saturated heterocycles. The van der Waals surface area contributed by atoms with E-state index in [0.29, 0.717) is 6.42 Å². The van der Waals surface area contributed by atoms with E-state index in [1.165, 1.54) is 6.92 Å². The maximum atomic E-state index is 11.3. The van der Waals surface area contributed by atoms with Gasteiger partial charge in [-0.15, -0.1) is 143 Å². The first-order valence-electron chi connectivity index (χ1n) is 14.2. The largest absolute Gasteiger partial charge is 0.481 e. The van der Waals surface area contributed by atoms with Gasteiger partial charge in [0.15, 0.2) is 0 Å². The van der Waals surface area contributed by atoms with Crippen molar-refractivity contribution in [3.63, 3.8) is 0 Å². The van der Waals surface area contributed by atoms with Gasteiger partial charge in [0.2, 0.25) is 0 Å². The second kappa shape index (κ2) is 36.9. The van der Waals surface area contributed by atoms with Crippen molar-refractivity contribution in [1.82, 2.24) is 0 Å². The number of carbonyl (C=O) groups is 3. The molecule has 0 aliphatic carbocycles. The van der Waals surface area contributed by atoms with Gasteiger partial charge >= 0.3 is 5.97 Å². The summed E-state index contributed by atoms with van der Waals surface area (Å²) in [6, 6.07) is 14.8. The van der Waals surface area contributed by atoms with Crippen LogP contribution in [0.3, 0.4) is 0 Å². The van der Waals surface area contributed by atoms with Crippen LogP contribution in [0.15, 0.2) is 57.5 Å². The number of Topliss-reactive ketones (excluding diaryl/α,β-unsaturated/α-hetero) is 2. The molecule has 0 radical (unpaired) electrons. The van der Waals surface area contributed by atoms with Crippen molar-refractivity contribution < 1.29 is 19.5 Å². The molecule has 0 aliphatic heterocycles. The van der Waals surface area contributed by atoms with Crippen molar-refractivity contribution in [2.24, 2.45) is 0 Å². The molecule has 4 nitrogen and oxygen atoms in total. The molecule has 0 amide bonds. The molecule has 0 saturated carbocycles. The zero-order chi connectivity index (χ0) is 42.9. The van der Waals surface area contributed by atoms with Gasteiger partial charge in [0.25, 0.3) is 0 Å². The highest BCUT2D eigenvalue weighted by Crippen LogP contribution is 3.38. The highest BCUT2D eigenvalue weighted by Gasteiger charge is 2.50. The Morgan fingerprint density at radius 3 is 0.891 bits per heavy atom. The number of hydrogen-bond donors (Lipinski definition) is 1. The summed E-state index contributed by atoms with van der Waals surface area (Å²) >= 11 is 6.58. The lowest BCUT2D eigenvalue weighted by molar-refractivity contribution is -0.136. The van der Waals surface area contributed by atoms with Gasteiger partial charge in [-0.1, -0.05) is 56.1 Å². The Labute approximate surface area is 399 Å². The highest BCUT2D eigenvalue weighted by atomic mass is 79.9. The predicted molar refractivity (Wildman–Crippen MR) is 356 cm³/mol. The Kier molecular flexibility index (Phi) is 44.4. The van der Waals surface area contributed by atoms with Gasteiger partial charge in [0.1, 0.15) is 11.6 Å². The molecule has 0 aromatic heterocycles. The topological polar surface area (TPSA) is 71.4 Å². The van der Waals surface area contributed by atoms with Gasteiger partial charge in [-0.2, -0.15) is 0 Å². The number of carbonyl (C=O) groups excluding carboxylic acids is 2. The molecule has 36 heteroatoms. The normalized spacial score (nSPS) is 12.2. The Morgan fingerprint density at radius 2 is 0.691 bits per heavy atom. The minimum absolute atomic E-state index is 0.0279. The Balaban J connectivity index is 0.000000946. The van der Waals surface area contributed by atoms with Crippen molar-refractivity contribution in [2.45, 2.75) is 26.2 Å². The van der Waals surface area contributed by atoms with Gasteiger partial charge in [-0.05, 0) is 140 Å². The Hall–Kier alpha value is 11.1. The third-order valence-electron chi connectivity index (χ3n) is 5.48. The van der Waals surface area contributed by atoms with Gasteiger partial charge < -0.3 is 5.11 Å². The van der Waals surface area contributed by atoms with E-state index >= 15 is 0 Å². The fourth-order valence-corrected chi connectivity index (χ4v) is 402. The van der Waals surface area contributed by atoms with E-state index in [4.69, 9.17) is 5.11 Å². The summed E-state index contributed by atoms with van der Waals surface area (Å²) in [6.07, 6.45) is 0.468. The standard InChI is InChI=1S/C11H11BrO2.C8H7BrO2.H32P30/c1-8(13)6-11(14)7-9-2-4-10(12)5-3-9;9-7-3-1-6(2-4-7)5-8(10)11;1-17(2)25(18(3)4)29(26(19(5)6)20(7)8)30(27(21(9)10)22(11)12)28(23(13)14)24(15)16/h2-5H,6-7H2,1H3;1-4H,5H2,(H,10,11);1-16H2. The van der Waals surface area contributed by atoms with Crippen LogP contribution in [-0.2, 0) is 27.2 Å². The van der Waals surface area contributed by atoms with E-state index in [1.54, 1.807) is 12.1 Å². The Bertz CT molecular complexity index is 1310. The number of hydrogen-bond acceptors (Lipinski definition) is 3. The zero-order valence-corrected chi connectivity index (χ0v) is 63.3. The second-order valence-corrected chi connectivity index (χ2v) is 133. The molecule has 0 spiro atoms. The lowest BCUT2D eigenvalue weighted by atomic mass is 10.1. The average molecular weight is 1430 g/mol. The first-order valence-corrected chi connectivity index (χ1v) is 69.6. The van der Waals surface area contributed by atoms with Crippen LogP contribution in [-0.4, -0.2) is 22.6 Å². The number of benzene rings is 2. The molecule has 0 aliphatic rings. The third kappa shape index (κ3) is 28.7. The van der Waals surface area contributed by atoms with Crippen molar-refractivity contribution in [3.05, 3.63) is 68.6 Å². The first kappa shape index (κ1) is 66.1.